The van der Waals surface area contributed by atoms with Gasteiger partial charge in [0.25, 0.3) is 4.80 Å². The molecule has 1 aromatic rings. The number of rotatable bonds is 0. The van der Waals surface area contributed by atoms with E-state index >= 15 is 0 Å². The van der Waals surface area contributed by atoms with Gasteiger partial charge in [-0.15, -0.1) is 0 Å². The van der Waals surface area contributed by atoms with Crippen LogP contribution in [0.15, 0.2) is 9.22 Å². The second-order valence-corrected chi connectivity index (χ2v) is 4.57. The maximum Gasteiger partial charge on any atom is 0.436 e. The summed E-state index contributed by atoms with van der Waals surface area (Å²) in [5.74, 6) is -0.156. The lowest BCUT2D eigenvalue weighted by atomic mass is 9.92. The minimum absolute atomic E-state index is 0.144. The first-order chi connectivity index (χ1) is 6.12. The second-order valence-electron chi connectivity index (χ2n) is 3.89. The van der Waals surface area contributed by atoms with Crippen molar-refractivity contribution in [3.8, 4) is 0 Å². The summed E-state index contributed by atoms with van der Waals surface area (Å²) >= 11 is 2.79. The van der Waals surface area contributed by atoms with Gasteiger partial charge in [0.1, 0.15) is 5.76 Å². The van der Waals surface area contributed by atoms with Gasteiger partial charge in [-0.1, -0.05) is 20.8 Å². The van der Waals surface area contributed by atoms with E-state index in [0.29, 0.717) is 0 Å². The molecule has 1 aromatic heterocycles. The molecule has 0 amide bonds. The van der Waals surface area contributed by atoms with Crippen LogP contribution in [-0.2, 0) is 11.6 Å². The second kappa shape index (κ2) is 3.25. The van der Waals surface area contributed by atoms with Crippen LogP contribution >= 0.6 is 15.9 Å². The van der Waals surface area contributed by atoms with E-state index in [2.05, 4.69) is 20.9 Å². The molecule has 14 heavy (non-hydrogen) atoms. The largest absolute Gasteiger partial charge is 0.436 e. The van der Waals surface area contributed by atoms with Gasteiger partial charge >= 0.3 is 6.18 Å². The topological polar surface area (TPSA) is 26.0 Å². The van der Waals surface area contributed by atoms with Gasteiger partial charge in [-0.2, -0.15) is 18.2 Å². The molecule has 1 rings (SSSR count). The summed E-state index contributed by atoms with van der Waals surface area (Å²) in [6.07, 6.45) is -4.47. The molecule has 0 unspecified atom stereocenters. The molecule has 0 radical (unpaired) electrons. The Morgan fingerprint density at radius 1 is 1.21 bits per heavy atom. The quantitative estimate of drug-likeness (QED) is 0.718. The van der Waals surface area contributed by atoms with Gasteiger partial charge in [-0.05, 0) is 0 Å². The first-order valence-corrected chi connectivity index (χ1v) is 4.65. The van der Waals surface area contributed by atoms with Crippen LogP contribution in [0.3, 0.4) is 0 Å². The molecule has 0 atom stereocenters. The Hall–Kier alpha value is -0.520. The normalized spacial score (nSPS) is 13.4. The number of oxazole rings is 1. The van der Waals surface area contributed by atoms with Gasteiger partial charge in [0, 0.05) is 21.3 Å². The standard InChI is InChI=1S/C8H9BrF3NO/c1-7(2,3)5-4(8(10,11)12)13-6(9)14-5/h1-3H3. The highest BCUT2D eigenvalue weighted by molar-refractivity contribution is 9.10. The fourth-order valence-electron chi connectivity index (χ4n) is 0.994. The van der Waals surface area contributed by atoms with Crippen molar-refractivity contribution in [2.24, 2.45) is 0 Å². The molecule has 0 aliphatic heterocycles. The van der Waals surface area contributed by atoms with Crippen molar-refractivity contribution in [3.05, 3.63) is 16.3 Å². The highest BCUT2D eigenvalue weighted by atomic mass is 79.9. The molecule has 0 aliphatic rings. The molecule has 0 aromatic carbocycles. The van der Waals surface area contributed by atoms with Gasteiger partial charge in [0.15, 0.2) is 5.69 Å². The van der Waals surface area contributed by atoms with E-state index in [4.69, 9.17) is 4.42 Å². The van der Waals surface area contributed by atoms with E-state index in [-0.39, 0.29) is 10.6 Å². The predicted octanol–water partition coefficient (Wildman–Crippen LogP) is 3.75. The molecule has 0 bridgehead atoms. The third-order valence-electron chi connectivity index (χ3n) is 1.55. The molecule has 0 fully saturated rings. The molecule has 6 heteroatoms. The first kappa shape index (κ1) is 11.6. The van der Waals surface area contributed by atoms with Crippen LogP contribution in [0.5, 0.6) is 0 Å². The van der Waals surface area contributed by atoms with Gasteiger partial charge in [-0.25, -0.2) is 0 Å². The van der Waals surface area contributed by atoms with E-state index in [0.717, 1.165) is 0 Å². The highest BCUT2D eigenvalue weighted by Gasteiger charge is 2.41. The third-order valence-corrected chi connectivity index (χ3v) is 1.89. The zero-order chi connectivity index (χ0) is 11.1. The van der Waals surface area contributed by atoms with Crippen molar-refractivity contribution in [2.45, 2.75) is 32.4 Å². The Labute approximate surface area is 87.6 Å². The molecular weight excluding hydrogens is 263 g/mol. The lowest BCUT2D eigenvalue weighted by molar-refractivity contribution is -0.142. The van der Waals surface area contributed by atoms with Crippen molar-refractivity contribution in [2.75, 3.05) is 0 Å². The molecule has 0 saturated heterocycles. The fraction of sp³-hybridized carbons (Fsp3) is 0.625. The molecule has 80 valence electrons. The van der Waals surface area contributed by atoms with Gasteiger partial charge in [0.05, 0.1) is 0 Å². The lowest BCUT2D eigenvalue weighted by Crippen LogP contribution is -2.18. The average molecular weight is 272 g/mol. The molecule has 0 saturated carbocycles. The van der Waals surface area contributed by atoms with E-state index < -0.39 is 17.3 Å². The molecule has 1 heterocycles. The number of hydrogen-bond donors (Lipinski definition) is 0. The molecule has 0 N–H and O–H groups in total. The number of halogens is 4. The molecular formula is C8H9BrF3NO. The minimum atomic E-state index is -4.47. The third kappa shape index (κ3) is 2.29. The Bertz CT molecular complexity index is 306. The number of nitrogens with zero attached hydrogens (tertiary/aromatic N) is 1. The van der Waals surface area contributed by atoms with Crippen molar-refractivity contribution in [1.82, 2.24) is 4.98 Å². The Morgan fingerprint density at radius 3 is 2.00 bits per heavy atom. The van der Waals surface area contributed by atoms with Crippen molar-refractivity contribution in [3.63, 3.8) is 0 Å². The highest BCUT2D eigenvalue weighted by Crippen LogP contribution is 2.38. The summed E-state index contributed by atoms with van der Waals surface area (Å²) in [7, 11) is 0. The Balaban J connectivity index is 3.31. The Kier molecular flexibility index (Phi) is 2.69. The summed E-state index contributed by atoms with van der Waals surface area (Å²) < 4.78 is 42.2. The summed E-state index contributed by atoms with van der Waals surface area (Å²) in [5.41, 5.74) is -1.68. The number of aromatic nitrogens is 1. The maximum atomic E-state index is 12.4. The first-order valence-electron chi connectivity index (χ1n) is 3.86. The predicted molar refractivity (Wildman–Crippen MR) is 47.9 cm³/mol. The Morgan fingerprint density at radius 2 is 1.71 bits per heavy atom. The maximum absolute atomic E-state index is 12.4. The fourth-order valence-corrected chi connectivity index (χ4v) is 1.33. The molecule has 2 nitrogen and oxygen atoms in total. The number of alkyl halides is 3. The summed E-state index contributed by atoms with van der Waals surface area (Å²) in [6.45, 7) is 4.90. The minimum Gasteiger partial charge on any atom is -0.435 e. The van der Waals surface area contributed by atoms with E-state index in [1.165, 1.54) is 0 Å². The van der Waals surface area contributed by atoms with Crippen LogP contribution in [0.2, 0.25) is 0 Å². The van der Waals surface area contributed by atoms with Gasteiger partial charge < -0.3 is 4.42 Å². The van der Waals surface area contributed by atoms with Crippen LogP contribution in [0.1, 0.15) is 32.2 Å². The average Bonchev–Trinajstić information content (AvgIpc) is 2.27. The monoisotopic (exact) mass is 271 g/mol. The van der Waals surface area contributed by atoms with Crippen LogP contribution < -0.4 is 0 Å². The van der Waals surface area contributed by atoms with E-state index in [1.807, 2.05) is 0 Å². The van der Waals surface area contributed by atoms with Crippen LogP contribution in [-0.4, -0.2) is 4.98 Å². The molecule has 0 spiro atoms. The lowest BCUT2D eigenvalue weighted by Gasteiger charge is -2.16. The van der Waals surface area contributed by atoms with Crippen molar-refractivity contribution >= 4 is 15.9 Å². The zero-order valence-corrected chi connectivity index (χ0v) is 9.45. The van der Waals surface area contributed by atoms with E-state index in [9.17, 15) is 13.2 Å². The SMILES string of the molecule is CC(C)(C)c1oc(Br)nc1C(F)(F)F. The van der Waals surface area contributed by atoms with E-state index in [1.54, 1.807) is 20.8 Å². The van der Waals surface area contributed by atoms with Crippen LogP contribution in [0.25, 0.3) is 0 Å². The summed E-state index contributed by atoms with van der Waals surface area (Å²) in [5, 5.41) is 0. The number of hydrogen-bond acceptors (Lipinski definition) is 2. The van der Waals surface area contributed by atoms with Gasteiger partial charge in [0.2, 0.25) is 0 Å². The molecule has 0 aliphatic carbocycles. The van der Waals surface area contributed by atoms with Crippen LogP contribution in [0, 0.1) is 0 Å². The smallest absolute Gasteiger partial charge is 0.435 e. The van der Waals surface area contributed by atoms with Crippen LogP contribution in [0.4, 0.5) is 13.2 Å². The zero-order valence-electron chi connectivity index (χ0n) is 7.87. The van der Waals surface area contributed by atoms with Gasteiger partial charge in [-0.3, -0.25) is 0 Å². The summed E-state index contributed by atoms with van der Waals surface area (Å²) in [6, 6.07) is 0. The van der Waals surface area contributed by atoms with Crippen molar-refractivity contribution in [1.29, 1.82) is 0 Å². The van der Waals surface area contributed by atoms with Crippen molar-refractivity contribution < 1.29 is 17.6 Å². The summed E-state index contributed by atoms with van der Waals surface area (Å²) in [4.78, 5) is 3.13.